The zero-order valence-electron chi connectivity index (χ0n) is 14.9. The Morgan fingerprint density at radius 1 is 1.21 bits per heavy atom. The summed E-state index contributed by atoms with van der Waals surface area (Å²) in [6.45, 7) is 0. The van der Waals surface area contributed by atoms with Gasteiger partial charge in [-0.05, 0) is 43.9 Å². The summed E-state index contributed by atoms with van der Waals surface area (Å²) in [6.07, 6.45) is 0.485. The Hall–Kier alpha value is -2.36. The maximum Gasteiger partial charge on any atom is 0.416 e. The summed E-state index contributed by atoms with van der Waals surface area (Å²) in [4.78, 5) is 24.2. The van der Waals surface area contributed by atoms with Gasteiger partial charge in [-0.1, -0.05) is 24.2 Å². The molecule has 1 aliphatic carbocycles. The second-order valence-electron chi connectivity index (χ2n) is 6.56. The predicted molar refractivity (Wildman–Crippen MR) is 102 cm³/mol. The summed E-state index contributed by atoms with van der Waals surface area (Å²) in [5.41, 5.74) is 0.176. The van der Waals surface area contributed by atoms with Crippen molar-refractivity contribution in [2.24, 2.45) is 10.2 Å². The van der Waals surface area contributed by atoms with E-state index in [1.165, 1.54) is 18.6 Å². The molecule has 10 heteroatoms. The summed E-state index contributed by atoms with van der Waals surface area (Å²) in [5.74, 6) is -0.918. The van der Waals surface area contributed by atoms with Crippen LogP contribution in [-0.4, -0.2) is 27.9 Å². The maximum atomic E-state index is 12.7. The zero-order valence-corrected chi connectivity index (χ0v) is 15.7. The first-order chi connectivity index (χ1) is 13.3. The molecule has 1 saturated heterocycles. The van der Waals surface area contributed by atoms with Gasteiger partial charge in [-0.15, -0.1) is 5.10 Å². The second kappa shape index (κ2) is 8.76. The van der Waals surface area contributed by atoms with Gasteiger partial charge in [0.15, 0.2) is 5.17 Å². The van der Waals surface area contributed by atoms with Gasteiger partial charge in [0.25, 0.3) is 0 Å². The van der Waals surface area contributed by atoms with Gasteiger partial charge in [-0.2, -0.15) is 18.3 Å². The van der Waals surface area contributed by atoms with Crippen LogP contribution in [0.2, 0.25) is 0 Å². The van der Waals surface area contributed by atoms with E-state index < -0.39 is 22.9 Å². The van der Waals surface area contributed by atoms with Gasteiger partial charge < -0.3 is 10.6 Å². The highest BCUT2D eigenvalue weighted by Gasteiger charge is 2.33. The highest BCUT2D eigenvalue weighted by atomic mass is 32.2. The van der Waals surface area contributed by atoms with Crippen molar-refractivity contribution in [3.05, 3.63) is 29.8 Å². The van der Waals surface area contributed by atoms with Crippen LogP contribution in [0.1, 0.15) is 44.1 Å². The molecule has 0 spiro atoms. The fraction of sp³-hybridized carbons (Fsp3) is 0.444. The minimum Gasteiger partial charge on any atom is -0.326 e. The molecular weight excluding hydrogens is 393 g/mol. The standard InChI is InChI=1S/C18H19F3N4O2S/c19-18(20,21)11-5-4-8-13(9-11)22-15(26)10-14-16(27)23-17(28-14)25-24-12-6-2-1-3-7-12/h4-5,8-9,14H,1-3,6-7,10H2,(H,22,26)(H,23,25,27)/t14-/m1/s1. The second-order valence-corrected chi connectivity index (χ2v) is 7.75. The van der Waals surface area contributed by atoms with Crippen LogP contribution in [-0.2, 0) is 15.8 Å². The smallest absolute Gasteiger partial charge is 0.326 e. The van der Waals surface area contributed by atoms with E-state index >= 15 is 0 Å². The number of hydrogen-bond acceptors (Lipinski definition) is 5. The number of anilines is 1. The first kappa shape index (κ1) is 20.4. The van der Waals surface area contributed by atoms with E-state index in [0.29, 0.717) is 5.17 Å². The Morgan fingerprint density at radius 2 is 1.96 bits per heavy atom. The number of alkyl halides is 3. The van der Waals surface area contributed by atoms with Gasteiger partial charge >= 0.3 is 6.18 Å². The molecule has 1 saturated carbocycles. The fourth-order valence-electron chi connectivity index (χ4n) is 2.92. The Morgan fingerprint density at radius 3 is 2.68 bits per heavy atom. The lowest BCUT2D eigenvalue weighted by molar-refractivity contribution is -0.137. The van der Waals surface area contributed by atoms with Crippen molar-refractivity contribution in [2.75, 3.05) is 5.32 Å². The van der Waals surface area contributed by atoms with Gasteiger partial charge in [0, 0.05) is 17.8 Å². The lowest BCUT2D eigenvalue weighted by Gasteiger charge is -2.10. The van der Waals surface area contributed by atoms with E-state index in [1.54, 1.807) is 0 Å². The number of nitrogens with zero attached hydrogens (tertiary/aromatic N) is 2. The SMILES string of the molecule is O=C(C[C@H]1S/C(=N/N=C2CCCCC2)NC1=O)Nc1cccc(C(F)(F)F)c1. The van der Waals surface area contributed by atoms with E-state index in [4.69, 9.17) is 0 Å². The number of halogens is 3. The number of nitrogens with one attached hydrogen (secondary N) is 2. The molecule has 1 aromatic rings. The number of amides is 2. The molecule has 0 aromatic heterocycles. The average molecular weight is 412 g/mol. The average Bonchev–Trinajstić information content (AvgIpc) is 3.00. The minimum absolute atomic E-state index is 0.0285. The minimum atomic E-state index is -4.49. The van der Waals surface area contributed by atoms with Gasteiger partial charge in [0.05, 0.1) is 5.56 Å². The number of benzene rings is 1. The molecule has 0 bridgehead atoms. The van der Waals surface area contributed by atoms with Crippen molar-refractivity contribution in [3.8, 4) is 0 Å². The van der Waals surface area contributed by atoms with Crippen LogP contribution >= 0.6 is 11.8 Å². The summed E-state index contributed by atoms with van der Waals surface area (Å²) in [5, 5.41) is 12.8. The van der Waals surface area contributed by atoms with Gasteiger partial charge in [-0.25, -0.2) is 0 Å². The van der Waals surface area contributed by atoms with Crippen LogP contribution < -0.4 is 10.6 Å². The highest BCUT2D eigenvalue weighted by molar-refractivity contribution is 8.15. The van der Waals surface area contributed by atoms with Crippen LogP contribution in [0.25, 0.3) is 0 Å². The molecule has 3 rings (SSSR count). The topological polar surface area (TPSA) is 82.9 Å². The molecule has 1 aromatic carbocycles. The molecule has 2 N–H and O–H groups in total. The number of rotatable bonds is 4. The van der Waals surface area contributed by atoms with E-state index in [1.807, 2.05) is 0 Å². The Balaban J connectivity index is 1.56. The summed E-state index contributed by atoms with van der Waals surface area (Å²) in [7, 11) is 0. The van der Waals surface area contributed by atoms with Gasteiger partial charge in [-0.3, -0.25) is 9.59 Å². The van der Waals surface area contributed by atoms with E-state index in [-0.39, 0.29) is 18.0 Å². The third kappa shape index (κ3) is 5.57. The normalized spacial score (nSPS) is 21.5. The molecule has 28 heavy (non-hydrogen) atoms. The summed E-state index contributed by atoms with van der Waals surface area (Å²) >= 11 is 1.10. The van der Waals surface area contributed by atoms with Crippen molar-refractivity contribution >= 4 is 40.1 Å². The lowest BCUT2D eigenvalue weighted by atomic mass is 9.99. The number of carbonyl (C=O) groups excluding carboxylic acids is 2. The van der Waals surface area contributed by atoms with Crippen LogP contribution in [0.15, 0.2) is 34.5 Å². The molecule has 2 aliphatic rings. The van der Waals surface area contributed by atoms with Crippen LogP contribution in [0.4, 0.5) is 18.9 Å². The molecule has 150 valence electrons. The highest BCUT2D eigenvalue weighted by Crippen LogP contribution is 2.31. The molecule has 1 aliphatic heterocycles. The number of carbonyl (C=O) groups is 2. The van der Waals surface area contributed by atoms with Crippen LogP contribution in [0.5, 0.6) is 0 Å². The van der Waals surface area contributed by atoms with Crippen LogP contribution in [0, 0.1) is 0 Å². The van der Waals surface area contributed by atoms with Crippen LogP contribution in [0.3, 0.4) is 0 Å². The third-order valence-electron chi connectivity index (χ3n) is 4.33. The van der Waals surface area contributed by atoms with E-state index in [0.717, 1.165) is 55.3 Å². The Labute approximate surface area is 164 Å². The van der Waals surface area contributed by atoms with Gasteiger partial charge in [0.1, 0.15) is 5.25 Å². The van der Waals surface area contributed by atoms with Crippen molar-refractivity contribution in [3.63, 3.8) is 0 Å². The molecule has 1 atom stereocenters. The first-order valence-corrected chi connectivity index (χ1v) is 9.77. The zero-order chi connectivity index (χ0) is 20.1. The van der Waals surface area contributed by atoms with Crippen molar-refractivity contribution < 1.29 is 22.8 Å². The quantitative estimate of drug-likeness (QED) is 0.735. The van der Waals surface area contributed by atoms with E-state index in [2.05, 4.69) is 20.8 Å². The largest absolute Gasteiger partial charge is 0.416 e. The number of hydrogen-bond donors (Lipinski definition) is 2. The fourth-order valence-corrected chi connectivity index (χ4v) is 3.83. The summed E-state index contributed by atoms with van der Waals surface area (Å²) in [6, 6.07) is 4.35. The Kier molecular flexibility index (Phi) is 6.38. The lowest BCUT2D eigenvalue weighted by Crippen LogP contribution is -2.28. The molecule has 6 nitrogen and oxygen atoms in total. The summed E-state index contributed by atoms with van der Waals surface area (Å²) < 4.78 is 38.2. The molecule has 0 unspecified atom stereocenters. The monoisotopic (exact) mass is 412 g/mol. The number of amidine groups is 1. The van der Waals surface area contributed by atoms with Crippen molar-refractivity contribution in [1.82, 2.24) is 5.32 Å². The van der Waals surface area contributed by atoms with E-state index in [9.17, 15) is 22.8 Å². The third-order valence-corrected chi connectivity index (χ3v) is 5.41. The number of thioether (sulfide) groups is 1. The van der Waals surface area contributed by atoms with Crippen molar-refractivity contribution in [1.29, 1.82) is 0 Å². The predicted octanol–water partition coefficient (Wildman–Crippen LogP) is 3.94. The molecular formula is C18H19F3N4O2S. The Bertz CT molecular complexity index is 815. The maximum absolute atomic E-state index is 12.7. The van der Waals surface area contributed by atoms with Gasteiger partial charge in [0.2, 0.25) is 11.8 Å². The first-order valence-electron chi connectivity index (χ1n) is 8.89. The molecule has 2 amide bonds. The molecule has 0 radical (unpaired) electrons. The molecule has 2 fully saturated rings. The molecule has 1 heterocycles. The van der Waals surface area contributed by atoms with Crippen molar-refractivity contribution in [2.45, 2.75) is 50.0 Å².